The van der Waals surface area contributed by atoms with E-state index >= 15 is 0 Å². The Balaban J connectivity index is 1.53. The number of hydrogen-bond acceptors (Lipinski definition) is 3. The largest absolute Gasteiger partial charge is 0.376 e. The lowest BCUT2D eigenvalue weighted by molar-refractivity contribution is 0.0142. The Morgan fingerprint density at radius 1 is 1.07 bits per heavy atom. The Bertz CT molecular complexity index is 992. The summed E-state index contributed by atoms with van der Waals surface area (Å²) in [6.45, 7) is 12.7. The molecule has 3 aromatic rings. The molecule has 0 radical (unpaired) electrons. The Hall–Kier alpha value is -2.17. The molecule has 2 heterocycles. The van der Waals surface area contributed by atoms with Crippen LogP contribution >= 0.6 is 0 Å². The number of aromatic nitrogens is 2. The van der Waals surface area contributed by atoms with Gasteiger partial charge in [0.25, 0.3) is 0 Å². The maximum atomic E-state index is 6.44. The van der Waals surface area contributed by atoms with Crippen LogP contribution in [-0.2, 0) is 23.8 Å². The van der Waals surface area contributed by atoms with Crippen molar-refractivity contribution in [3.05, 3.63) is 65.4 Å². The van der Waals surface area contributed by atoms with Crippen molar-refractivity contribution in [2.24, 2.45) is 7.05 Å². The lowest BCUT2D eigenvalue weighted by atomic mass is 9.72. The lowest BCUT2D eigenvalue weighted by Gasteiger charge is -2.46. The third kappa shape index (κ3) is 4.30. The van der Waals surface area contributed by atoms with Gasteiger partial charge in [-0.3, -0.25) is 9.58 Å². The average Bonchev–Trinajstić information content (AvgIpc) is 3.08. The first kappa shape index (κ1) is 21.1. The lowest BCUT2D eigenvalue weighted by Crippen LogP contribution is -2.51. The fourth-order valence-electron chi connectivity index (χ4n) is 4.87. The highest BCUT2D eigenvalue weighted by Gasteiger charge is 2.39. The fraction of sp³-hybridized carbons (Fsp3) is 0.500. The van der Waals surface area contributed by atoms with Crippen LogP contribution in [0.2, 0.25) is 0 Å². The quantitative estimate of drug-likeness (QED) is 0.582. The van der Waals surface area contributed by atoms with E-state index in [2.05, 4.69) is 86.4 Å². The number of likely N-dealkylation sites (tertiary alicyclic amines) is 1. The van der Waals surface area contributed by atoms with Gasteiger partial charge in [0.15, 0.2) is 0 Å². The number of ether oxygens (including phenoxy) is 1. The molecule has 1 fully saturated rings. The predicted molar refractivity (Wildman–Crippen MR) is 124 cm³/mol. The number of fused-ring (bicyclic) bond motifs is 1. The van der Waals surface area contributed by atoms with Gasteiger partial charge in [-0.25, -0.2) is 0 Å². The van der Waals surface area contributed by atoms with E-state index in [-0.39, 0.29) is 11.0 Å². The van der Waals surface area contributed by atoms with Crippen molar-refractivity contribution in [1.82, 2.24) is 14.7 Å². The van der Waals surface area contributed by atoms with Gasteiger partial charge in [-0.2, -0.15) is 5.10 Å². The molecule has 0 aliphatic carbocycles. The third-order valence-corrected chi connectivity index (χ3v) is 6.64. The molecule has 0 bridgehead atoms. The SMILES string of the molecule is Cc1cc(COCC2(c3ccccc3)CCN(C(C)(C)C)CC2)c2nn(C)cc2c1. The smallest absolute Gasteiger partial charge is 0.0978 e. The zero-order chi connectivity index (χ0) is 21.4. The van der Waals surface area contributed by atoms with Crippen LogP contribution in [0.5, 0.6) is 0 Å². The van der Waals surface area contributed by atoms with Crippen LogP contribution in [0.1, 0.15) is 50.3 Å². The highest BCUT2D eigenvalue weighted by atomic mass is 16.5. The summed E-state index contributed by atoms with van der Waals surface area (Å²) in [5.41, 5.74) is 5.20. The molecule has 0 atom stereocenters. The van der Waals surface area contributed by atoms with Gasteiger partial charge in [-0.15, -0.1) is 0 Å². The molecule has 0 unspecified atom stereocenters. The number of hydrogen-bond donors (Lipinski definition) is 0. The normalized spacial score (nSPS) is 17.5. The van der Waals surface area contributed by atoms with Gasteiger partial charge in [0.05, 0.1) is 18.7 Å². The van der Waals surface area contributed by atoms with Crippen LogP contribution in [0.25, 0.3) is 10.9 Å². The summed E-state index contributed by atoms with van der Waals surface area (Å²) >= 11 is 0. The molecule has 1 aliphatic heterocycles. The molecule has 0 saturated carbocycles. The summed E-state index contributed by atoms with van der Waals surface area (Å²) in [7, 11) is 1.98. The van der Waals surface area contributed by atoms with Crippen molar-refractivity contribution in [3.8, 4) is 0 Å². The summed E-state index contributed by atoms with van der Waals surface area (Å²) < 4.78 is 8.33. The summed E-state index contributed by atoms with van der Waals surface area (Å²) in [5, 5.41) is 5.85. The van der Waals surface area contributed by atoms with Crippen LogP contribution in [0.4, 0.5) is 0 Å². The second kappa shape index (κ2) is 8.16. The van der Waals surface area contributed by atoms with Crippen molar-refractivity contribution in [1.29, 1.82) is 0 Å². The van der Waals surface area contributed by atoms with Gasteiger partial charge >= 0.3 is 0 Å². The molecule has 4 rings (SSSR count). The van der Waals surface area contributed by atoms with Gasteiger partial charge in [-0.05, 0) is 70.8 Å². The van der Waals surface area contributed by atoms with Crippen molar-refractivity contribution in [2.45, 2.75) is 58.1 Å². The van der Waals surface area contributed by atoms with Crippen molar-refractivity contribution < 1.29 is 4.74 Å². The highest BCUT2D eigenvalue weighted by Crippen LogP contribution is 2.38. The minimum Gasteiger partial charge on any atom is -0.376 e. The molecule has 1 aliphatic rings. The molecule has 160 valence electrons. The Labute approximate surface area is 180 Å². The van der Waals surface area contributed by atoms with E-state index in [4.69, 9.17) is 4.74 Å². The third-order valence-electron chi connectivity index (χ3n) is 6.64. The van der Waals surface area contributed by atoms with Crippen molar-refractivity contribution >= 4 is 10.9 Å². The molecule has 0 amide bonds. The first-order valence-corrected chi connectivity index (χ1v) is 11.1. The van der Waals surface area contributed by atoms with E-state index in [1.54, 1.807) is 0 Å². The molecule has 30 heavy (non-hydrogen) atoms. The molecule has 4 heteroatoms. The molecule has 1 saturated heterocycles. The molecule has 2 aromatic carbocycles. The van der Waals surface area contributed by atoms with E-state index in [1.807, 2.05) is 11.7 Å². The number of benzene rings is 2. The molecular weight excluding hydrogens is 370 g/mol. The number of nitrogens with zero attached hydrogens (tertiary/aromatic N) is 3. The topological polar surface area (TPSA) is 30.3 Å². The van der Waals surface area contributed by atoms with Crippen LogP contribution in [0.3, 0.4) is 0 Å². The summed E-state index contributed by atoms with van der Waals surface area (Å²) in [6, 6.07) is 15.4. The van der Waals surface area contributed by atoms with E-state index in [1.165, 1.54) is 22.1 Å². The molecular formula is C26H35N3O. The van der Waals surface area contributed by atoms with E-state index in [9.17, 15) is 0 Å². The van der Waals surface area contributed by atoms with Crippen molar-refractivity contribution in [3.63, 3.8) is 0 Å². The Morgan fingerprint density at radius 3 is 2.43 bits per heavy atom. The van der Waals surface area contributed by atoms with Crippen LogP contribution in [0, 0.1) is 6.92 Å². The van der Waals surface area contributed by atoms with Crippen LogP contribution in [-0.4, -0.2) is 39.9 Å². The van der Waals surface area contributed by atoms with Gasteiger partial charge in [0.1, 0.15) is 0 Å². The standard InChI is InChI=1S/C26H35N3O/c1-20-15-21-17-28(5)27-24(21)22(16-20)18-30-19-26(23-9-7-6-8-10-23)11-13-29(14-12-26)25(2,3)4/h6-10,15-17H,11-14,18-19H2,1-5H3. The predicted octanol–water partition coefficient (Wildman–Crippen LogP) is 5.23. The Kier molecular flexibility index (Phi) is 5.73. The van der Waals surface area contributed by atoms with Gasteiger partial charge in [-0.1, -0.05) is 36.4 Å². The van der Waals surface area contributed by atoms with Crippen molar-refractivity contribution in [2.75, 3.05) is 19.7 Å². The molecule has 0 spiro atoms. The van der Waals surface area contributed by atoms with E-state index in [0.717, 1.165) is 38.1 Å². The maximum absolute atomic E-state index is 6.44. The zero-order valence-electron chi connectivity index (χ0n) is 19.1. The maximum Gasteiger partial charge on any atom is 0.0978 e. The number of rotatable bonds is 5. The van der Waals surface area contributed by atoms with Gasteiger partial charge in [0, 0.05) is 35.1 Å². The second-order valence-electron chi connectivity index (χ2n) is 9.96. The van der Waals surface area contributed by atoms with Gasteiger partial charge < -0.3 is 4.74 Å². The summed E-state index contributed by atoms with van der Waals surface area (Å²) in [5.74, 6) is 0. The average molecular weight is 406 g/mol. The minimum absolute atomic E-state index is 0.0794. The van der Waals surface area contributed by atoms with E-state index < -0.39 is 0 Å². The minimum atomic E-state index is 0.0794. The van der Waals surface area contributed by atoms with E-state index in [0.29, 0.717) is 6.61 Å². The van der Waals surface area contributed by atoms with Crippen LogP contribution in [0.15, 0.2) is 48.7 Å². The fourth-order valence-corrected chi connectivity index (χ4v) is 4.87. The van der Waals surface area contributed by atoms with Crippen LogP contribution < -0.4 is 0 Å². The first-order valence-electron chi connectivity index (χ1n) is 11.1. The molecule has 1 aromatic heterocycles. The highest BCUT2D eigenvalue weighted by molar-refractivity contribution is 5.82. The number of aryl methyl sites for hydroxylation is 2. The monoisotopic (exact) mass is 405 g/mol. The summed E-state index contributed by atoms with van der Waals surface area (Å²) in [4.78, 5) is 2.60. The second-order valence-corrected chi connectivity index (χ2v) is 9.96. The molecule has 0 N–H and O–H groups in total. The zero-order valence-corrected chi connectivity index (χ0v) is 19.1. The summed E-state index contributed by atoms with van der Waals surface area (Å²) in [6.07, 6.45) is 4.34. The number of piperidine rings is 1. The molecule has 4 nitrogen and oxygen atoms in total. The van der Waals surface area contributed by atoms with Gasteiger partial charge in [0.2, 0.25) is 0 Å². The Morgan fingerprint density at radius 2 is 1.77 bits per heavy atom. The first-order chi connectivity index (χ1) is 14.3.